The summed E-state index contributed by atoms with van der Waals surface area (Å²) in [6, 6.07) is 14.3. The Labute approximate surface area is 145 Å². The summed E-state index contributed by atoms with van der Waals surface area (Å²) in [5.41, 5.74) is 3.06. The first-order chi connectivity index (χ1) is 12.0. The Bertz CT molecular complexity index is 870. The molecule has 1 saturated heterocycles. The van der Waals surface area contributed by atoms with Gasteiger partial charge in [0.2, 0.25) is 0 Å². The Morgan fingerprint density at radius 3 is 1.88 bits per heavy atom. The fourth-order valence-electron chi connectivity index (χ4n) is 2.26. The number of carbonyl (C=O) groups is 3. The predicted octanol–water partition coefficient (Wildman–Crippen LogP) is 2.62. The summed E-state index contributed by atoms with van der Waals surface area (Å²) in [4.78, 5) is 39.8. The van der Waals surface area contributed by atoms with Crippen molar-refractivity contribution in [3.8, 4) is 11.8 Å². The lowest BCUT2D eigenvalue weighted by Gasteiger charge is -2.12. The van der Waals surface area contributed by atoms with Gasteiger partial charge in [0, 0.05) is 24.0 Å². The Morgan fingerprint density at radius 1 is 0.880 bits per heavy atom. The molecule has 2 aromatic rings. The number of carbonyl (C=O) groups excluding carboxylic acids is 3. The largest absolute Gasteiger partial charge is 0.363 e. The topological polar surface area (TPSA) is 63.7 Å². The van der Waals surface area contributed by atoms with Crippen LogP contribution in [0.2, 0.25) is 0 Å². The minimum Gasteiger partial charge on any atom is -0.325 e. The van der Waals surface area contributed by atoms with Crippen molar-refractivity contribution in [2.75, 3.05) is 0 Å². The van der Waals surface area contributed by atoms with Gasteiger partial charge in [0.15, 0.2) is 0 Å². The van der Waals surface area contributed by atoms with E-state index < -0.39 is 17.8 Å². The van der Waals surface area contributed by atoms with Crippen LogP contribution in [-0.2, 0) is 14.4 Å². The summed E-state index contributed by atoms with van der Waals surface area (Å²) in [7, 11) is 0. The number of amides is 2. The van der Waals surface area contributed by atoms with Crippen LogP contribution < -0.4 is 0 Å². The number of aryl methyl sites for hydroxylation is 1. The fraction of sp³-hybridized carbons (Fsp3) is 0.150. The zero-order valence-corrected chi connectivity index (χ0v) is 13.6. The van der Waals surface area contributed by atoms with E-state index in [-0.39, 0.29) is 18.4 Å². The number of benzene rings is 2. The van der Waals surface area contributed by atoms with E-state index in [0.717, 1.165) is 11.1 Å². The molecule has 1 fully saturated rings. The van der Waals surface area contributed by atoms with E-state index in [2.05, 4.69) is 11.8 Å². The van der Waals surface area contributed by atoms with Gasteiger partial charge in [-0.2, -0.15) is 0 Å². The van der Waals surface area contributed by atoms with E-state index in [1.54, 1.807) is 24.3 Å². The van der Waals surface area contributed by atoms with E-state index >= 15 is 0 Å². The summed E-state index contributed by atoms with van der Waals surface area (Å²) in [5.74, 6) is 4.31. The van der Waals surface area contributed by atoms with E-state index in [1.807, 2.05) is 31.2 Å². The van der Waals surface area contributed by atoms with Gasteiger partial charge in [0.05, 0.1) is 5.56 Å². The zero-order valence-electron chi connectivity index (χ0n) is 13.6. The second-order valence-electron chi connectivity index (χ2n) is 5.65. The number of hydroxylamine groups is 2. The van der Waals surface area contributed by atoms with Gasteiger partial charge in [-0.1, -0.05) is 29.5 Å². The zero-order chi connectivity index (χ0) is 17.8. The second-order valence-corrected chi connectivity index (χ2v) is 5.65. The van der Waals surface area contributed by atoms with E-state index in [1.165, 1.54) is 5.56 Å². The lowest BCUT2D eigenvalue weighted by molar-refractivity contribution is -0.172. The minimum absolute atomic E-state index is 0.0691. The molecule has 3 rings (SSSR count). The first kappa shape index (κ1) is 16.5. The van der Waals surface area contributed by atoms with Crippen LogP contribution in [0.4, 0.5) is 0 Å². The highest BCUT2D eigenvalue weighted by molar-refractivity contribution is 6.02. The van der Waals surface area contributed by atoms with Crippen LogP contribution in [0.15, 0.2) is 48.5 Å². The average Bonchev–Trinajstić information content (AvgIpc) is 2.93. The van der Waals surface area contributed by atoms with Crippen LogP contribution in [0.3, 0.4) is 0 Å². The Morgan fingerprint density at radius 2 is 1.36 bits per heavy atom. The molecule has 0 radical (unpaired) electrons. The molecular formula is C20H15NO4. The molecule has 5 heteroatoms. The average molecular weight is 333 g/mol. The smallest absolute Gasteiger partial charge is 0.325 e. The Kier molecular flexibility index (Phi) is 4.62. The van der Waals surface area contributed by atoms with Crippen LogP contribution in [0.1, 0.15) is 39.9 Å². The minimum atomic E-state index is -0.748. The van der Waals surface area contributed by atoms with Crippen molar-refractivity contribution >= 4 is 17.8 Å². The summed E-state index contributed by atoms with van der Waals surface area (Å²) >= 11 is 0. The molecule has 2 aromatic carbocycles. The maximum atomic E-state index is 12.0. The van der Waals surface area contributed by atoms with Crippen molar-refractivity contribution in [1.82, 2.24) is 5.06 Å². The molecule has 0 N–H and O–H groups in total. The number of hydrogen-bond acceptors (Lipinski definition) is 4. The van der Waals surface area contributed by atoms with Crippen molar-refractivity contribution in [3.05, 3.63) is 70.8 Å². The van der Waals surface area contributed by atoms with Crippen molar-refractivity contribution in [2.24, 2.45) is 0 Å². The fourth-order valence-corrected chi connectivity index (χ4v) is 2.26. The van der Waals surface area contributed by atoms with Gasteiger partial charge in [0.25, 0.3) is 11.8 Å². The first-order valence-corrected chi connectivity index (χ1v) is 7.80. The van der Waals surface area contributed by atoms with E-state index in [4.69, 9.17) is 4.84 Å². The van der Waals surface area contributed by atoms with Gasteiger partial charge in [-0.25, -0.2) is 4.79 Å². The van der Waals surface area contributed by atoms with Crippen molar-refractivity contribution in [1.29, 1.82) is 0 Å². The highest BCUT2D eigenvalue weighted by atomic mass is 16.7. The summed E-state index contributed by atoms with van der Waals surface area (Å²) in [6.07, 6.45) is 0.138. The highest BCUT2D eigenvalue weighted by Crippen LogP contribution is 2.14. The molecule has 1 heterocycles. The third-order valence-corrected chi connectivity index (χ3v) is 3.70. The molecule has 1 aliphatic rings. The standard InChI is InChI=1S/C20H15NO4/c1-14-2-4-15(5-3-14)6-7-16-8-10-17(11-9-16)20(24)25-21-18(22)12-13-19(21)23/h2-5,8-11H,12-13H2,1H3. The van der Waals surface area contributed by atoms with Crippen LogP contribution in [0.25, 0.3) is 0 Å². The van der Waals surface area contributed by atoms with Crippen LogP contribution in [0, 0.1) is 18.8 Å². The van der Waals surface area contributed by atoms with Gasteiger partial charge >= 0.3 is 5.97 Å². The van der Waals surface area contributed by atoms with Crippen molar-refractivity contribution in [2.45, 2.75) is 19.8 Å². The van der Waals surface area contributed by atoms with Gasteiger partial charge in [-0.3, -0.25) is 9.59 Å². The third-order valence-electron chi connectivity index (χ3n) is 3.70. The third kappa shape index (κ3) is 3.93. The molecule has 1 aliphatic heterocycles. The molecule has 0 bridgehead atoms. The molecule has 2 amide bonds. The maximum Gasteiger partial charge on any atom is 0.363 e. The van der Waals surface area contributed by atoms with Gasteiger partial charge in [0.1, 0.15) is 0 Å². The Hall–Kier alpha value is -3.39. The molecule has 0 unspecified atom stereocenters. The normalized spacial score (nSPS) is 13.4. The number of nitrogens with zero attached hydrogens (tertiary/aromatic N) is 1. The van der Waals surface area contributed by atoms with Crippen molar-refractivity contribution in [3.63, 3.8) is 0 Å². The van der Waals surface area contributed by atoms with Crippen LogP contribution in [-0.4, -0.2) is 22.8 Å². The van der Waals surface area contributed by atoms with Gasteiger partial charge in [-0.15, -0.1) is 5.06 Å². The monoisotopic (exact) mass is 333 g/mol. The SMILES string of the molecule is Cc1ccc(C#Cc2ccc(C(=O)ON3C(=O)CCC3=O)cc2)cc1. The van der Waals surface area contributed by atoms with Crippen molar-refractivity contribution < 1.29 is 19.2 Å². The van der Waals surface area contributed by atoms with E-state index in [9.17, 15) is 14.4 Å². The van der Waals surface area contributed by atoms with Gasteiger partial charge in [-0.05, 0) is 43.3 Å². The van der Waals surface area contributed by atoms with Gasteiger partial charge < -0.3 is 4.84 Å². The molecule has 25 heavy (non-hydrogen) atoms. The van der Waals surface area contributed by atoms with Crippen LogP contribution >= 0.6 is 0 Å². The first-order valence-electron chi connectivity index (χ1n) is 7.80. The van der Waals surface area contributed by atoms with E-state index in [0.29, 0.717) is 5.06 Å². The Balaban J connectivity index is 1.68. The second kappa shape index (κ2) is 7.02. The van der Waals surface area contributed by atoms with Crippen LogP contribution in [0.5, 0.6) is 0 Å². The molecule has 0 atom stereocenters. The molecule has 124 valence electrons. The summed E-state index contributed by atoms with van der Waals surface area (Å²) in [6.45, 7) is 2.01. The molecule has 0 aliphatic carbocycles. The summed E-state index contributed by atoms with van der Waals surface area (Å²) in [5, 5.41) is 0.535. The number of hydrogen-bond donors (Lipinski definition) is 0. The molecular weight excluding hydrogens is 318 g/mol. The molecule has 0 spiro atoms. The number of rotatable bonds is 2. The quantitative estimate of drug-likeness (QED) is 0.626. The molecule has 5 nitrogen and oxygen atoms in total. The maximum absolute atomic E-state index is 12.0. The lowest BCUT2D eigenvalue weighted by atomic mass is 10.1. The molecule has 0 saturated carbocycles. The summed E-state index contributed by atoms with van der Waals surface area (Å²) < 4.78 is 0. The highest BCUT2D eigenvalue weighted by Gasteiger charge is 2.33. The predicted molar refractivity (Wildman–Crippen MR) is 90.1 cm³/mol. The lowest BCUT2D eigenvalue weighted by Crippen LogP contribution is -2.32. The number of imide groups is 1. The molecule has 0 aromatic heterocycles.